The molecule has 1 fully saturated rings. The standard InChI is InChI=1S/C20H20O2S.C6H12N2O/c21-13-2-1-3-16-4-6-17(7-5-16)18-8-10-19(11-9-18)23-20-12-14-22-15-20;1-5(9)6-7-3-4-8(6)2/h4-11,20-21H,2,12-15H2;3-7,9H,1-2H3/t20-;/m0./s1. The summed E-state index contributed by atoms with van der Waals surface area (Å²) in [6.07, 6.45) is 5.13. The van der Waals surface area contributed by atoms with Crippen LogP contribution < -0.4 is 5.32 Å². The Kier molecular flexibility index (Phi) is 9.51. The molecule has 170 valence electrons. The monoisotopic (exact) mass is 452 g/mol. The molecular formula is C26H32N2O3S. The van der Waals surface area contributed by atoms with Crippen LogP contribution in [0.4, 0.5) is 0 Å². The molecule has 2 unspecified atom stereocenters. The van der Waals surface area contributed by atoms with Crippen LogP contribution in [0.3, 0.4) is 0 Å². The molecule has 32 heavy (non-hydrogen) atoms. The average Bonchev–Trinajstić information content (AvgIpc) is 3.47. The van der Waals surface area contributed by atoms with Crippen LogP contribution in [-0.2, 0) is 4.74 Å². The molecule has 2 aromatic rings. The largest absolute Gasteiger partial charge is 0.395 e. The predicted molar refractivity (Wildman–Crippen MR) is 131 cm³/mol. The number of likely N-dealkylation sites (N-methyl/N-ethyl adjacent to an activating group) is 1. The van der Waals surface area contributed by atoms with Gasteiger partial charge in [-0.15, -0.1) is 11.8 Å². The van der Waals surface area contributed by atoms with Crippen molar-refractivity contribution in [3.8, 4) is 23.0 Å². The molecule has 0 saturated carbocycles. The second-order valence-electron chi connectivity index (χ2n) is 7.81. The number of aliphatic hydroxyl groups is 2. The first-order chi connectivity index (χ1) is 15.6. The highest BCUT2D eigenvalue weighted by Crippen LogP contribution is 2.30. The Bertz CT molecular complexity index is 911. The Morgan fingerprint density at radius 3 is 2.34 bits per heavy atom. The number of ether oxygens (including phenoxy) is 1. The van der Waals surface area contributed by atoms with E-state index in [1.807, 2.05) is 48.2 Å². The predicted octanol–water partition coefficient (Wildman–Crippen LogP) is 3.67. The van der Waals surface area contributed by atoms with Crippen LogP contribution in [0.2, 0.25) is 0 Å². The van der Waals surface area contributed by atoms with Crippen LogP contribution in [0, 0.1) is 11.8 Å². The molecule has 2 aromatic carbocycles. The summed E-state index contributed by atoms with van der Waals surface area (Å²) in [5.74, 6) is 5.99. The molecule has 4 rings (SSSR count). The number of hydrogen-bond acceptors (Lipinski definition) is 6. The third kappa shape index (κ3) is 7.32. The van der Waals surface area contributed by atoms with E-state index in [2.05, 4.69) is 53.6 Å². The van der Waals surface area contributed by atoms with E-state index in [9.17, 15) is 0 Å². The Morgan fingerprint density at radius 2 is 1.84 bits per heavy atom. The van der Waals surface area contributed by atoms with Gasteiger partial charge in [0.15, 0.2) is 0 Å². The molecule has 0 aromatic heterocycles. The van der Waals surface area contributed by atoms with E-state index in [1.54, 1.807) is 6.92 Å². The van der Waals surface area contributed by atoms with Crippen molar-refractivity contribution in [1.29, 1.82) is 0 Å². The van der Waals surface area contributed by atoms with Gasteiger partial charge in [0, 0.05) is 48.2 Å². The zero-order valence-electron chi connectivity index (χ0n) is 18.7. The Morgan fingerprint density at radius 1 is 1.16 bits per heavy atom. The van der Waals surface area contributed by atoms with Crippen molar-refractivity contribution in [3.05, 3.63) is 66.5 Å². The van der Waals surface area contributed by atoms with Gasteiger partial charge in [-0.2, -0.15) is 0 Å². The molecule has 2 aliphatic rings. The van der Waals surface area contributed by atoms with Gasteiger partial charge in [-0.05, 0) is 48.7 Å². The summed E-state index contributed by atoms with van der Waals surface area (Å²) >= 11 is 1.91. The van der Waals surface area contributed by atoms with E-state index in [0.29, 0.717) is 11.7 Å². The molecule has 5 nitrogen and oxygen atoms in total. The lowest BCUT2D eigenvalue weighted by Gasteiger charge is -2.23. The highest BCUT2D eigenvalue weighted by Gasteiger charge is 2.19. The highest BCUT2D eigenvalue weighted by atomic mass is 32.2. The minimum atomic E-state index is -0.329. The zero-order chi connectivity index (χ0) is 22.8. The number of rotatable bonds is 5. The first-order valence-corrected chi connectivity index (χ1v) is 11.8. The Balaban J connectivity index is 0.000000269. The molecule has 0 radical (unpaired) electrons. The molecule has 3 N–H and O–H groups in total. The summed E-state index contributed by atoms with van der Waals surface area (Å²) in [4.78, 5) is 3.24. The summed E-state index contributed by atoms with van der Waals surface area (Å²) in [5.41, 5.74) is 3.39. The summed E-state index contributed by atoms with van der Waals surface area (Å²) in [5, 5.41) is 21.4. The van der Waals surface area contributed by atoms with Gasteiger partial charge in [-0.3, -0.25) is 0 Å². The van der Waals surface area contributed by atoms with Crippen molar-refractivity contribution in [2.24, 2.45) is 0 Å². The molecule has 0 spiro atoms. The number of benzene rings is 2. The molecule has 2 heterocycles. The normalized spacial score (nSPS) is 20.1. The van der Waals surface area contributed by atoms with Crippen LogP contribution in [0.5, 0.6) is 0 Å². The molecule has 3 atom stereocenters. The van der Waals surface area contributed by atoms with E-state index < -0.39 is 0 Å². The van der Waals surface area contributed by atoms with Gasteiger partial charge in [0.05, 0.1) is 19.3 Å². The molecule has 2 aliphatic heterocycles. The maximum absolute atomic E-state index is 9.08. The third-order valence-electron chi connectivity index (χ3n) is 5.21. The summed E-state index contributed by atoms with van der Waals surface area (Å²) < 4.78 is 5.42. The lowest BCUT2D eigenvalue weighted by molar-refractivity contribution is 0.0984. The molecular weight excluding hydrogens is 420 g/mol. The zero-order valence-corrected chi connectivity index (χ0v) is 19.5. The van der Waals surface area contributed by atoms with Crippen molar-refractivity contribution in [2.75, 3.05) is 26.9 Å². The van der Waals surface area contributed by atoms with Crippen LogP contribution in [-0.4, -0.2) is 59.5 Å². The molecule has 0 bridgehead atoms. The van der Waals surface area contributed by atoms with E-state index in [1.165, 1.54) is 16.0 Å². The minimum absolute atomic E-state index is 0.0602. The van der Waals surface area contributed by atoms with Gasteiger partial charge < -0.3 is 25.2 Å². The van der Waals surface area contributed by atoms with Crippen molar-refractivity contribution < 1.29 is 14.9 Å². The van der Waals surface area contributed by atoms with Crippen molar-refractivity contribution in [3.63, 3.8) is 0 Å². The topological polar surface area (TPSA) is 65.0 Å². The van der Waals surface area contributed by atoms with E-state index in [0.717, 1.165) is 25.2 Å². The number of nitrogens with zero attached hydrogens (tertiary/aromatic N) is 1. The molecule has 1 saturated heterocycles. The second kappa shape index (κ2) is 12.6. The van der Waals surface area contributed by atoms with E-state index >= 15 is 0 Å². The van der Waals surface area contributed by atoms with Gasteiger partial charge in [0.1, 0.15) is 6.17 Å². The number of thioether (sulfide) groups is 1. The van der Waals surface area contributed by atoms with E-state index in [-0.39, 0.29) is 18.9 Å². The molecule has 0 aliphatic carbocycles. The maximum Gasteiger partial charge on any atom is 0.124 e. The summed E-state index contributed by atoms with van der Waals surface area (Å²) in [7, 11) is 1.92. The van der Waals surface area contributed by atoms with Crippen LogP contribution in [0.25, 0.3) is 11.1 Å². The van der Waals surface area contributed by atoms with Crippen LogP contribution in [0.1, 0.15) is 25.3 Å². The Hall–Kier alpha value is -2.43. The van der Waals surface area contributed by atoms with Gasteiger partial charge in [0.25, 0.3) is 0 Å². The van der Waals surface area contributed by atoms with Crippen molar-refractivity contribution >= 4 is 11.8 Å². The smallest absolute Gasteiger partial charge is 0.124 e. The minimum Gasteiger partial charge on any atom is -0.395 e. The first kappa shape index (κ1) is 24.2. The summed E-state index contributed by atoms with van der Waals surface area (Å²) in [6.45, 7) is 3.64. The quantitative estimate of drug-likeness (QED) is 0.602. The average molecular weight is 453 g/mol. The van der Waals surface area contributed by atoms with Crippen LogP contribution >= 0.6 is 11.8 Å². The maximum atomic E-state index is 9.08. The number of hydrogen-bond donors (Lipinski definition) is 3. The van der Waals surface area contributed by atoms with Gasteiger partial charge in [-0.1, -0.05) is 36.1 Å². The molecule has 0 amide bonds. The SMILES string of the molecule is CC(O)C1NC=CN1C.OCCC#Cc1ccc(-c2ccc(S[C@H]3CCOC3)cc2)cc1. The lowest BCUT2D eigenvalue weighted by Crippen LogP contribution is -2.41. The number of nitrogens with one attached hydrogen (secondary N) is 1. The van der Waals surface area contributed by atoms with Crippen molar-refractivity contribution in [1.82, 2.24) is 10.2 Å². The fraction of sp³-hybridized carbons (Fsp3) is 0.385. The van der Waals surface area contributed by atoms with Crippen LogP contribution in [0.15, 0.2) is 65.8 Å². The molecule has 6 heteroatoms. The first-order valence-electron chi connectivity index (χ1n) is 10.9. The van der Waals surface area contributed by atoms with Gasteiger partial charge in [-0.25, -0.2) is 0 Å². The van der Waals surface area contributed by atoms with Crippen molar-refractivity contribution in [2.45, 2.75) is 42.2 Å². The second-order valence-corrected chi connectivity index (χ2v) is 9.19. The van der Waals surface area contributed by atoms with E-state index in [4.69, 9.17) is 14.9 Å². The third-order valence-corrected chi connectivity index (χ3v) is 6.45. The number of aliphatic hydroxyl groups excluding tert-OH is 2. The summed E-state index contributed by atoms with van der Waals surface area (Å²) in [6, 6.07) is 17.0. The Labute approximate surface area is 195 Å². The fourth-order valence-corrected chi connectivity index (χ4v) is 4.50. The fourth-order valence-electron chi connectivity index (χ4n) is 3.44. The highest BCUT2D eigenvalue weighted by molar-refractivity contribution is 8.00. The lowest BCUT2D eigenvalue weighted by atomic mass is 10.0. The van der Waals surface area contributed by atoms with Gasteiger partial charge >= 0.3 is 0 Å². The van der Waals surface area contributed by atoms with Gasteiger partial charge in [0.2, 0.25) is 0 Å².